The molecule has 2 aliphatic heterocycles. The molecular formula is C14H19NO3. The molecule has 0 saturated carbocycles. The topological polar surface area (TPSA) is 41.9 Å². The second-order valence-electron chi connectivity index (χ2n) is 5.05. The van der Waals surface area contributed by atoms with Gasteiger partial charge in [0.05, 0.1) is 13.2 Å². The first-order chi connectivity index (χ1) is 8.76. The van der Waals surface area contributed by atoms with E-state index in [1.54, 1.807) is 6.07 Å². The Kier molecular flexibility index (Phi) is 3.24. The summed E-state index contributed by atoms with van der Waals surface area (Å²) in [7, 11) is 0. The predicted molar refractivity (Wildman–Crippen MR) is 67.3 cm³/mol. The third kappa shape index (κ3) is 2.51. The Morgan fingerprint density at radius 3 is 2.56 bits per heavy atom. The molecule has 0 atom stereocenters. The fourth-order valence-electron chi connectivity index (χ4n) is 2.75. The first kappa shape index (κ1) is 12.0. The predicted octanol–water partition coefficient (Wildman–Crippen LogP) is 1.73. The van der Waals surface area contributed by atoms with Gasteiger partial charge in [0.1, 0.15) is 5.75 Å². The van der Waals surface area contributed by atoms with Gasteiger partial charge in [0.2, 0.25) is 0 Å². The summed E-state index contributed by atoms with van der Waals surface area (Å²) in [5, 5.41) is 9.45. The van der Waals surface area contributed by atoms with Gasteiger partial charge in [-0.25, -0.2) is 0 Å². The Morgan fingerprint density at radius 1 is 1.17 bits per heavy atom. The van der Waals surface area contributed by atoms with Gasteiger partial charge in [0, 0.05) is 32.5 Å². The molecule has 2 heterocycles. The molecule has 4 nitrogen and oxygen atoms in total. The van der Waals surface area contributed by atoms with E-state index in [-0.39, 0.29) is 5.79 Å². The molecule has 4 heteroatoms. The first-order valence-corrected chi connectivity index (χ1v) is 6.54. The van der Waals surface area contributed by atoms with Crippen molar-refractivity contribution in [2.75, 3.05) is 26.3 Å². The molecular weight excluding hydrogens is 230 g/mol. The molecule has 0 unspecified atom stereocenters. The van der Waals surface area contributed by atoms with Crippen molar-refractivity contribution >= 4 is 0 Å². The number of piperidine rings is 1. The maximum atomic E-state index is 9.45. The Balaban J connectivity index is 1.57. The zero-order valence-electron chi connectivity index (χ0n) is 10.5. The van der Waals surface area contributed by atoms with E-state index < -0.39 is 0 Å². The number of hydrogen-bond acceptors (Lipinski definition) is 4. The molecule has 3 rings (SSSR count). The minimum absolute atomic E-state index is 0.296. The summed E-state index contributed by atoms with van der Waals surface area (Å²) >= 11 is 0. The van der Waals surface area contributed by atoms with Gasteiger partial charge in [-0.05, 0) is 17.7 Å². The van der Waals surface area contributed by atoms with Crippen molar-refractivity contribution in [3.05, 3.63) is 29.8 Å². The Bertz CT molecular complexity index is 405. The highest BCUT2D eigenvalue weighted by Gasteiger charge is 2.39. The first-order valence-electron chi connectivity index (χ1n) is 6.54. The van der Waals surface area contributed by atoms with E-state index in [1.165, 1.54) is 0 Å². The molecule has 1 N–H and O–H groups in total. The van der Waals surface area contributed by atoms with Crippen LogP contribution in [-0.4, -0.2) is 42.1 Å². The van der Waals surface area contributed by atoms with Crippen LogP contribution in [0.4, 0.5) is 0 Å². The Hall–Kier alpha value is -1.10. The molecule has 1 aromatic carbocycles. The molecule has 0 bridgehead atoms. The summed E-state index contributed by atoms with van der Waals surface area (Å²) < 4.78 is 11.4. The summed E-state index contributed by atoms with van der Waals surface area (Å²) in [5.74, 6) is 0.0402. The van der Waals surface area contributed by atoms with Crippen molar-refractivity contribution in [3.63, 3.8) is 0 Å². The fourth-order valence-corrected chi connectivity index (χ4v) is 2.75. The van der Waals surface area contributed by atoms with Crippen LogP contribution in [0.2, 0.25) is 0 Å². The molecule has 2 aliphatic rings. The third-order valence-electron chi connectivity index (χ3n) is 3.75. The van der Waals surface area contributed by atoms with Crippen LogP contribution < -0.4 is 0 Å². The third-order valence-corrected chi connectivity index (χ3v) is 3.75. The summed E-state index contributed by atoms with van der Waals surface area (Å²) in [6.45, 7) is 4.30. The number of ether oxygens (including phenoxy) is 2. The molecule has 18 heavy (non-hydrogen) atoms. The second-order valence-corrected chi connectivity index (χ2v) is 5.05. The summed E-state index contributed by atoms with van der Waals surface area (Å²) in [6, 6.07) is 7.47. The fraction of sp³-hybridized carbons (Fsp3) is 0.571. The lowest BCUT2D eigenvalue weighted by Gasteiger charge is -2.37. The van der Waals surface area contributed by atoms with Gasteiger partial charge in [-0.1, -0.05) is 12.1 Å². The van der Waals surface area contributed by atoms with E-state index in [1.807, 2.05) is 18.2 Å². The van der Waals surface area contributed by atoms with Gasteiger partial charge in [-0.15, -0.1) is 0 Å². The Morgan fingerprint density at radius 2 is 1.89 bits per heavy atom. The molecule has 1 spiro atoms. The van der Waals surface area contributed by atoms with Crippen molar-refractivity contribution in [2.45, 2.75) is 25.2 Å². The summed E-state index contributed by atoms with van der Waals surface area (Å²) in [5.41, 5.74) is 1.15. The normalized spacial score (nSPS) is 23.6. The number of aromatic hydroxyl groups is 1. The second kappa shape index (κ2) is 4.88. The van der Waals surface area contributed by atoms with Crippen molar-refractivity contribution in [1.82, 2.24) is 4.90 Å². The van der Waals surface area contributed by atoms with Crippen LogP contribution in [0.1, 0.15) is 18.4 Å². The maximum absolute atomic E-state index is 9.45. The minimum Gasteiger partial charge on any atom is -0.508 e. The van der Waals surface area contributed by atoms with Gasteiger partial charge < -0.3 is 14.6 Å². The van der Waals surface area contributed by atoms with Gasteiger partial charge in [-0.2, -0.15) is 0 Å². The number of benzene rings is 1. The number of hydrogen-bond donors (Lipinski definition) is 1. The van der Waals surface area contributed by atoms with Crippen LogP contribution in [0.5, 0.6) is 5.75 Å². The number of phenolic OH excluding ortho intramolecular Hbond substituents is 1. The average molecular weight is 249 g/mol. The highest BCUT2D eigenvalue weighted by Crippen LogP contribution is 2.31. The van der Waals surface area contributed by atoms with Crippen LogP contribution in [0.15, 0.2) is 24.3 Å². The van der Waals surface area contributed by atoms with E-state index >= 15 is 0 Å². The van der Waals surface area contributed by atoms with Crippen molar-refractivity contribution in [2.24, 2.45) is 0 Å². The summed E-state index contributed by atoms with van der Waals surface area (Å²) in [6.07, 6.45) is 1.87. The monoisotopic (exact) mass is 249 g/mol. The van der Waals surface area contributed by atoms with Crippen LogP contribution in [0.3, 0.4) is 0 Å². The molecule has 0 radical (unpaired) electrons. The van der Waals surface area contributed by atoms with Crippen LogP contribution in [-0.2, 0) is 16.0 Å². The average Bonchev–Trinajstić information content (AvgIpc) is 2.81. The zero-order chi connectivity index (χ0) is 12.4. The molecule has 98 valence electrons. The quantitative estimate of drug-likeness (QED) is 0.866. The summed E-state index contributed by atoms with van der Waals surface area (Å²) in [4.78, 5) is 2.38. The number of rotatable bonds is 2. The number of likely N-dealkylation sites (tertiary alicyclic amines) is 1. The zero-order valence-corrected chi connectivity index (χ0v) is 10.5. The Labute approximate surface area is 107 Å². The van der Waals surface area contributed by atoms with Gasteiger partial charge in [-0.3, -0.25) is 4.90 Å². The molecule has 0 amide bonds. The maximum Gasteiger partial charge on any atom is 0.170 e. The van der Waals surface area contributed by atoms with Gasteiger partial charge in [0.25, 0.3) is 0 Å². The lowest BCUT2D eigenvalue weighted by atomic mass is 10.0. The van der Waals surface area contributed by atoms with E-state index in [9.17, 15) is 5.11 Å². The molecule has 1 aromatic rings. The largest absolute Gasteiger partial charge is 0.508 e. The SMILES string of the molecule is Oc1cccc(CN2CCC3(CC2)OCCO3)c1. The van der Waals surface area contributed by atoms with Crippen LogP contribution >= 0.6 is 0 Å². The minimum atomic E-state index is -0.296. The number of nitrogens with zero attached hydrogens (tertiary/aromatic N) is 1. The van der Waals surface area contributed by atoms with Crippen molar-refractivity contribution in [3.8, 4) is 5.75 Å². The lowest BCUT2D eigenvalue weighted by molar-refractivity contribution is -0.185. The van der Waals surface area contributed by atoms with Crippen molar-refractivity contribution < 1.29 is 14.6 Å². The highest BCUT2D eigenvalue weighted by molar-refractivity contribution is 5.27. The smallest absolute Gasteiger partial charge is 0.170 e. The van der Waals surface area contributed by atoms with E-state index in [0.29, 0.717) is 5.75 Å². The standard InChI is InChI=1S/C14H19NO3/c16-13-3-1-2-12(10-13)11-15-6-4-14(5-7-15)17-8-9-18-14/h1-3,10,16H,4-9,11H2. The van der Waals surface area contributed by atoms with Gasteiger partial charge in [0.15, 0.2) is 5.79 Å². The van der Waals surface area contributed by atoms with E-state index in [2.05, 4.69) is 4.90 Å². The lowest BCUT2D eigenvalue weighted by Crippen LogP contribution is -2.44. The van der Waals surface area contributed by atoms with Crippen LogP contribution in [0, 0.1) is 0 Å². The molecule has 2 fully saturated rings. The number of phenols is 1. The van der Waals surface area contributed by atoms with Crippen molar-refractivity contribution in [1.29, 1.82) is 0 Å². The molecule has 2 saturated heterocycles. The van der Waals surface area contributed by atoms with Crippen LogP contribution in [0.25, 0.3) is 0 Å². The highest BCUT2D eigenvalue weighted by atomic mass is 16.7. The van der Waals surface area contributed by atoms with E-state index in [0.717, 1.165) is 51.3 Å². The molecule has 0 aromatic heterocycles. The van der Waals surface area contributed by atoms with E-state index in [4.69, 9.17) is 9.47 Å². The van der Waals surface area contributed by atoms with Gasteiger partial charge >= 0.3 is 0 Å². The molecule has 0 aliphatic carbocycles.